The third-order valence-electron chi connectivity index (χ3n) is 2.55. The molecule has 0 aromatic rings. The minimum atomic E-state index is -3.97. The first-order valence-electron chi connectivity index (χ1n) is 5.91. The van der Waals surface area contributed by atoms with E-state index in [1.165, 1.54) is 0 Å². The molecular formula is C10H21O6P. The van der Waals surface area contributed by atoms with Gasteiger partial charge in [-0.25, -0.2) is 4.57 Å². The molecule has 0 amide bonds. The molecule has 6 nitrogen and oxygen atoms in total. The predicted octanol–water partition coefficient (Wildman–Crippen LogP) is 1.46. The molecule has 2 N–H and O–H groups in total. The first-order chi connectivity index (χ1) is 8.03. The molecule has 0 aromatic carbocycles. The van der Waals surface area contributed by atoms with Gasteiger partial charge in [0.15, 0.2) is 0 Å². The number of hydrogen-bond acceptors (Lipinski definition) is 5. The third-order valence-corrected chi connectivity index (χ3v) is 3.53. The highest BCUT2D eigenvalue weighted by Gasteiger charge is 2.27. The predicted molar refractivity (Wildman–Crippen MR) is 61.6 cm³/mol. The Bertz CT molecular complexity index is 259. The first-order valence-corrected chi connectivity index (χ1v) is 7.41. The van der Waals surface area contributed by atoms with Gasteiger partial charge in [-0.2, -0.15) is 0 Å². The summed E-state index contributed by atoms with van der Waals surface area (Å²) in [4.78, 5) is 9.33. The molecule has 0 aliphatic carbocycles. The van der Waals surface area contributed by atoms with Crippen molar-refractivity contribution in [2.24, 2.45) is 0 Å². The van der Waals surface area contributed by atoms with Crippen LogP contribution in [-0.2, 0) is 18.3 Å². The second-order valence-electron chi connectivity index (χ2n) is 4.17. The summed E-state index contributed by atoms with van der Waals surface area (Å²) in [6.45, 7) is 2.20. The van der Waals surface area contributed by atoms with Gasteiger partial charge in [0, 0.05) is 6.61 Å². The number of hydrogen-bond donors (Lipinski definition) is 2. The first kappa shape index (κ1) is 15.1. The van der Waals surface area contributed by atoms with Crippen LogP contribution in [0.2, 0.25) is 0 Å². The fraction of sp³-hybridized carbons (Fsp3) is 1.00. The minimum Gasteiger partial charge on any atom is -0.396 e. The average molecular weight is 268 g/mol. The highest BCUT2D eigenvalue weighted by molar-refractivity contribution is 7.47. The molecule has 7 heteroatoms. The Labute approximate surface area is 101 Å². The van der Waals surface area contributed by atoms with Gasteiger partial charge in [0.25, 0.3) is 0 Å². The maximum absolute atomic E-state index is 11.4. The molecule has 0 saturated carbocycles. The molecule has 1 unspecified atom stereocenters. The Morgan fingerprint density at radius 1 is 1.35 bits per heavy atom. The molecule has 1 heterocycles. The van der Waals surface area contributed by atoms with E-state index in [1.54, 1.807) is 0 Å². The van der Waals surface area contributed by atoms with Gasteiger partial charge in [0.05, 0.1) is 25.4 Å². The van der Waals surface area contributed by atoms with Gasteiger partial charge < -0.3 is 14.7 Å². The molecule has 1 rings (SSSR count). The van der Waals surface area contributed by atoms with E-state index in [0.29, 0.717) is 12.8 Å². The van der Waals surface area contributed by atoms with Crippen LogP contribution in [0.4, 0.5) is 0 Å². The van der Waals surface area contributed by atoms with Crippen molar-refractivity contribution in [2.45, 2.75) is 44.8 Å². The van der Waals surface area contributed by atoms with E-state index < -0.39 is 7.82 Å². The second-order valence-corrected chi connectivity index (χ2v) is 5.63. The molecule has 3 atom stereocenters. The maximum atomic E-state index is 11.4. The van der Waals surface area contributed by atoms with Crippen LogP contribution in [0.15, 0.2) is 0 Å². The van der Waals surface area contributed by atoms with Crippen LogP contribution in [0.3, 0.4) is 0 Å². The van der Waals surface area contributed by atoms with Crippen LogP contribution < -0.4 is 0 Å². The van der Waals surface area contributed by atoms with Gasteiger partial charge in [0.2, 0.25) is 0 Å². The van der Waals surface area contributed by atoms with Crippen LogP contribution in [0.1, 0.15) is 32.6 Å². The number of unbranched alkanes of at least 4 members (excludes halogenated alkanes) is 1. The van der Waals surface area contributed by atoms with Gasteiger partial charge in [-0.15, -0.1) is 0 Å². The van der Waals surface area contributed by atoms with Crippen LogP contribution in [0.25, 0.3) is 0 Å². The molecule has 102 valence electrons. The monoisotopic (exact) mass is 268 g/mol. The Hall–Kier alpha value is 0.0300. The molecule has 1 saturated heterocycles. The quantitative estimate of drug-likeness (QED) is 0.512. The minimum absolute atomic E-state index is 0.0494. The summed E-state index contributed by atoms with van der Waals surface area (Å²) in [5.74, 6) is 0. The molecule has 1 aliphatic heterocycles. The van der Waals surface area contributed by atoms with E-state index >= 15 is 0 Å². The summed E-state index contributed by atoms with van der Waals surface area (Å²) >= 11 is 0. The van der Waals surface area contributed by atoms with Crippen molar-refractivity contribution in [1.29, 1.82) is 0 Å². The zero-order valence-corrected chi connectivity index (χ0v) is 11.0. The lowest BCUT2D eigenvalue weighted by Gasteiger charge is -2.15. The van der Waals surface area contributed by atoms with E-state index in [-0.39, 0.29) is 32.0 Å². The van der Waals surface area contributed by atoms with Gasteiger partial charge in [0.1, 0.15) is 0 Å². The van der Waals surface area contributed by atoms with Crippen molar-refractivity contribution >= 4 is 7.82 Å². The largest absolute Gasteiger partial charge is 0.472 e. The summed E-state index contributed by atoms with van der Waals surface area (Å²) in [6.07, 6.45) is 2.93. The standard InChI is InChI=1S/C10H21O6P/c1-9-4-5-10(16-9)8-15-17(12,13)14-7-3-2-6-11/h9-11H,2-8H2,1H3,(H,12,13)/t9-,10-/m0/s1. The summed E-state index contributed by atoms with van der Waals surface area (Å²) in [5.41, 5.74) is 0. The normalized spacial score (nSPS) is 28.2. The third kappa shape index (κ3) is 6.50. The lowest BCUT2D eigenvalue weighted by atomic mass is 10.2. The van der Waals surface area contributed by atoms with E-state index in [4.69, 9.17) is 18.9 Å². The fourth-order valence-electron chi connectivity index (χ4n) is 1.62. The molecule has 1 fully saturated rings. The summed E-state index contributed by atoms with van der Waals surface area (Å²) < 4.78 is 26.4. The Morgan fingerprint density at radius 3 is 2.71 bits per heavy atom. The molecule has 1 aliphatic rings. The van der Waals surface area contributed by atoms with Crippen molar-refractivity contribution in [3.63, 3.8) is 0 Å². The number of rotatable bonds is 8. The number of aliphatic hydroxyl groups excluding tert-OH is 1. The summed E-state index contributed by atoms with van der Waals surface area (Å²) in [5, 5.41) is 8.53. The zero-order chi connectivity index (χ0) is 12.7. The Balaban J connectivity index is 2.13. The topological polar surface area (TPSA) is 85.2 Å². The summed E-state index contributed by atoms with van der Waals surface area (Å²) in [6, 6.07) is 0. The highest BCUT2D eigenvalue weighted by Crippen LogP contribution is 2.43. The van der Waals surface area contributed by atoms with Crippen LogP contribution in [0.5, 0.6) is 0 Å². The van der Waals surface area contributed by atoms with E-state index in [2.05, 4.69) is 0 Å². The van der Waals surface area contributed by atoms with E-state index in [9.17, 15) is 9.46 Å². The smallest absolute Gasteiger partial charge is 0.396 e. The number of ether oxygens (including phenoxy) is 1. The molecule has 0 radical (unpaired) electrons. The zero-order valence-electron chi connectivity index (χ0n) is 10.1. The Kier molecular flexibility index (Phi) is 6.62. The van der Waals surface area contributed by atoms with Crippen molar-refractivity contribution in [3.8, 4) is 0 Å². The van der Waals surface area contributed by atoms with E-state index in [1.807, 2.05) is 6.92 Å². The van der Waals surface area contributed by atoms with Gasteiger partial charge in [-0.05, 0) is 32.6 Å². The lowest BCUT2D eigenvalue weighted by Crippen LogP contribution is -2.15. The van der Waals surface area contributed by atoms with Crippen molar-refractivity contribution < 1.29 is 28.3 Å². The van der Waals surface area contributed by atoms with Crippen molar-refractivity contribution in [1.82, 2.24) is 0 Å². The van der Waals surface area contributed by atoms with Crippen LogP contribution in [0, 0.1) is 0 Å². The van der Waals surface area contributed by atoms with Gasteiger partial charge in [-0.1, -0.05) is 0 Å². The molecule has 0 bridgehead atoms. The average Bonchev–Trinajstić information content (AvgIpc) is 2.68. The van der Waals surface area contributed by atoms with Crippen LogP contribution >= 0.6 is 7.82 Å². The lowest BCUT2D eigenvalue weighted by molar-refractivity contribution is 0.0149. The van der Waals surface area contributed by atoms with E-state index in [0.717, 1.165) is 12.8 Å². The fourth-order valence-corrected chi connectivity index (χ4v) is 2.41. The molecule has 17 heavy (non-hydrogen) atoms. The second kappa shape index (κ2) is 7.46. The number of phosphoric ester groups is 1. The summed E-state index contributed by atoms with van der Waals surface area (Å²) in [7, 11) is -3.97. The number of aliphatic hydroxyl groups is 1. The molecular weight excluding hydrogens is 247 g/mol. The van der Waals surface area contributed by atoms with Gasteiger partial charge in [-0.3, -0.25) is 9.05 Å². The maximum Gasteiger partial charge on any atom is 0.472 e. The van der Waals surface area contributed by atoms with Crippen molar-refractivity contribution in [2.75, 3.05) is 19.8 Å². The van der Waals surface area contributed by atoms with Gasteiger partial charge >= 0.3 is 7.82 Å². The highest BCUT2D eigenvalue weighted by atomic mass is 31.2. The Morgan fingerprint density at radius 2 is 2.12 bits per heavy atom. The molecule has 0 aromatic heterocycles. The van der Waals surface area contributed by atoms with Crippen molar-refractivity contribution in [3.05, 3.63) is 0 Å². The number of phosphoric acid groups is 1. The molecule has 0 spiro atoms. The van der Waals surface area contributed by atoms with Crippen LogP contribution in [-0.4, -0.2) is 42.0 Å². The SMILES string of the molecule is C[C@H]1CC[C@@H](COP(=O)(O)OCCCCO)O1.